The minimum atomic E-state index is -0.907. The molecule has 24 heavy (non-hydrogen) atoms. The van der Waals surface area contributed by atoms with E-state index in [1.54, 1.807) is 0 Å². The lowest BCUT2D eigenvalue weighted by atomic mass is 10.1. The zero-order valence-electron chi connectivity index (χ0n) is 13.0. The first-order chi connectivity index (χ1) is 11.6. The molecule has 0 fully saturated rings. The molecule has 0 aliphatic rings. The highest BCUT2D eigenvalue weighted by atomic mass is 19.1. The predicted molar refractivity (Wildman–Crippen MR) is 89.3 cm³/mol. The van der Waals surface area contributed by atoms with Gasteiger partial charge in [-0.3, -0.25) is 14.9 Å². The fraction of sp³-hybridized carbons (Fsp3) is 0.235. The summed E-state index contributed by atoms with van der Waals surface area (Å²) < 4.78 is 13.2. The van der Waals surface area contributed by atoms with Gasteiger partial charge in [0.1, 0.15) is 0 Å². The molecule has 0 bridgehead atoms. The van der Waals surface area contributed by atoms with E-state index >= 15 is 0 Å². The van der Waals surface area contributed by atoms with Gasteiger partial charge in [0.05, 0.1) is 11.5 Å². The summed E-state index contributed by atoms with van der Waals surface area (Å²) in [6.45, 7) is 0.507. The standard InChI is InChI=1S/C17H18FN3O3/c18-15-9-8-14(11-16(15)21(23)24)20-12-17(22)19-10-4-7-13-5-2-1-3-6-13/h1-3,5-6,8-9,11,20H,4,7,10,12H2,(H,19,22). The van der Waals surface area contributed by atoms with E-state index in [4.69, 9.17) is 0 Å². The highest BCUT2D eigenvalue weighted by molar-refractivity contribution is 5.80. The van der Waals surface area contributed by atoms with Gasteiger partial charge in [0.2, 0.25) is 11.7 Å². The van der Waals surface area contributed by atoms with Gasteiger partial charge in [-0.05, 0) is 30.5 Å². The molecule has 2 aromatic carbocycles. The summed E-state index contributed by atoms with van der Waals surface area (Å²) in [5.41, 5.74) is 0.911. The maximum absolute atomic E-state index is 13.2. The van der Waals surface area contributed by atoms with Crippen LogP contribution in [0.25, 0.3) is 0 Å². The molecular weight excluding hydrogens is 313 g/mol. The van der Waals surface area contributed by atoms with Crippen LogP contribution in [0.2, 0.25) is 0 Å². The van der Waals surface area contributed by atoms with Crippen LogP contribution >= 0.6 is 0 Å². The molecule has 1 amide bonds. The van der Waals surface area contributed by atoms with Gasteiger partial charge in [0.15, 0.2) is 0 Å². The third kappa shape index (κ3) is 5.35. The number of aryl methyl sites for hydroxylation is 1. The minimum Gasteiger partial charge on any atom is -0.376 e. The molecule has 126 valence electrons. The summed E-state index contributed by atoms with van der Waals surface area (Å²) in [4.78, 5) is 21.6. The number of anilines is 1. The van der Waals surface area contributed by atoms with Crippen molar-refractivity contribution in [2.45, 2.75) is 12.8 Å². The lowest BCUT2D eigenvalue weighted by molar-refractivity contribution is -0.387. The number of hydrogen-bond acceptors (Lipinski definition) is 4. The second kappa shape index (κ2) is 8.61. The summed E-state index contributed by atoms with van der Waals surface area (Å²) in [6, 6.07) is 13.4. The lowest BCUT2D eigenvalue weighted by Gasteiger charge is -2.08. The second-order valence-electron chi connectivity index (χ2n) is 5.22. The molecule has 0 aromatic heterocycles. The maximum atomic E-state index is 13.2. The van der Waals surface area contributed by atoms with Gasteiger partial charge in [-0.25, -0.2) is 0 Å². The monoisotopic (exact) mass is 331 g/mol. The van der Waals surface area contributed by atoms with Crippen LogP contribution in [0.5, 0.6) is 0 Å². The van der Waals surface area contributed by atoms with Gasteiger partial charge in [0.25, 0.3) is 0 Å². The number of benzene rings is 2. The Morgan fingerprint density at radius 1 is 1.17 bits per heavy atom. The van der Waals surface area contributed by atoms with Crippen LogP contribution in [-0.4, -0.2) is 23.9 Å². The number of halogens is 1. The second-order valence-corrected chi connectivity index (χ2v) is 5.22. The zero-order chi connectivity index (χ0) is 17.4. The number of carbonyl (C=O) groups is 1. The Labute approximate surface area is 138 Å². The molecule has 0 atom stereocenters. The molecular formula is C17H18FN3O3. The van der Waals surface area contributed by atoms with Crippen LogP contribution in [0.3, 0.4) is 0 Å². The fourth-order valence-electron chi connectivity index (χ4n) is 2.17. The van der Waals surface area contributed by atoms with Gasteiger partial charge in [0, 0.05) is 18.3 Å². The number of nitrogens with zero attached hydrogens (tertiary/aromatic N) is 1. The molecule has 0 aliphatic carbocycles. The fourth-order valence-corrected chi connectivity index (χ4v) is 2.17. The molecule has 0 aliphatic heterocycles. The van der Waals surface area contributed by atoms with E-state index in [0.717, 1.165) is 25.0 Å². The molecule has 2 rings (SSSR count). The zero-order valence-corrected chi connectivity index (χ0v) is 13.0. The van der Waals surface area contributed by atoms with E-state index in [-0.39, 0.29) is 12.5 Å². The molecule has 7 heteroatoms. The molecule has 2 N–H and O–H groups in total. The number of nitro benzene ring substituents is 1. The SMILES string of the molecule is O=C(CNc1ccc(F)c([N+](=O)[O-])c1)NCCCc1ccccc1. The van der Waals surface area contributed by atoms with E-state index in [1.807, 2.05) is 30.3 Å². The van der Waals surface area contributed by atoms with E-state index in [0.29, 0.717) is 12.2 Å². The molecule has 0 saturated carbocycles. The van der Waals surface area contributed by atoms with Crippen molar-refractivity contribution in [3.63, 3.8) is 0 Å². The van der Waals surface area contributed by atoms with Crippen LogP contribution in [0.15, 0.2) is 48.5 Å². The number of rotatable bonds is 8. The van der Waals surface area contributed by atoms with Crippen molar-refractivity contribution in [2.24, 2.45) is 0 Å². The van der Waals surface area contributed by atoms with Crippen LogP contribution in [0, 0.1) is 15.9 Å². The normalized spacial score (nSPS) is 10.2. The number of carbonyl (C=O) groups excluding carboxylic acids is 1. The molecule has 0 saturated heterocycles. The van der Waals surface area contributed by atoms with Crippen LogP contribution in [0.1, 0.15) is 12.0 Å². The van der Waals surface area contributed by atoms with E-state index in [2.05, 4.69) is 10.6 Å². The Balaban J connectivity index is 1.71. The van der Waals surface area contributed by atoms with E-state index in [9.17, 15) is 19.3 Å². The predicted octanol–water partition coefficient (Wildman–Crippen LogP) is 2.89. The van der Waals surface area contributed by atoms with Crippen molar-refractivity contribution in [1.82, 2.24) is 5.32 Å². The Morgan fingerprint density at radius 2 is 1.92 bits per heavy atom. The van der Waals surface area contributed by atoms with Crippen molar-refractivity contribution in [1.29, 1.82) is 0 Å². The number of hydrogen-bond donors (Lipinski definition) is 2. The summed E-state index contributed by atoms with van der Waals surface area (Å²) >= 11 is 0. The van der Waals surface area contributed by atoms with Crippen LogP contribution in [-0.2, 0) is 11.2 Å². The van der Waals surface area contributed by atoms with Gasteiger partial charge < -0.3 is 10.6 Å². The van der Waals surface area contributed by atoms with E-state index in [1.165, 1.54) is 11.6 Å². The summed E-state index contributed by atoms with van der Waals surface area (Å²) in [5.74, 6) is -1.13. The van der Waals surface area contributed by atoms with Crippen molar-refractivity contribution < 1.29 is 14.1 Å². The summed E-state index contributed by atoms with van der Waals surface area (Å²) in [5, 5.41) is 16.2. The minimum absolute atomic E-state index is 0.0336. The van der Waals surface area contributed by atoms with Gasteiger partial charge in [-0.15, -0.1) is 0 Å². The molecule has 6 nitrogen and oxygen atoms in total. The smallest absolute Gasteiger partial charge is 0.306 e. The average molecular weight is 331 g/mol. The van der Waals surface area contributed by atoms with Crippen molar-refractivity contribution in [3.8, 4) is 0 Å². The van der Waals surface area contributed by atoms with E-state index < -0.39 is 16.4 Å². The number of amides is 1. The van der Waals surface area contributed by atoms with Crippen LogP contribution in [0.4, 0.5) is 15.8 Å². The Bertz CT molecular complexity index is 707. The lowest BCUT2D eigenvalue weighted by Crippen LogP contribution is -2.30. The molecule has 0 unspecified atom stereocenters. The average Bonchev–Trinajstić information content (AvgIpc) is 2.58. The third-order valence-electron chi connectivity index (χ3n) is 3.40. The number of nitrogens with one attached hydrogen (secondary N) is 2. The quantitative estimate of drug-likeness (QED) is 0.442. The first kappa shape index (κ1) is 17.4. The van der Waals surface area contributed by atoms with Crippen molar-refractivity contribution in [2.75, 3.05) is 18.4 Å². The molecule has 2 aromatic rings. The Kier molecular flexibility index (Phi) is 6.24. The largest absolute Gasteiger partial charge is 0.376 e. The molecule has 0 radical (unpaired) electrons. The van der Waals surface area contributed by atoms with Crippen LogP contribution < -0.4 is 10.6 Å². The Hall–Kier alpha value is -2.96. The van der Waals surface area contributed by atoms with Gasteiger partial charge in [-0.1, -0.05) is 30.3 Å². The van der Waals surface area contributed by atoms with Gasteiger partial charge >= 0.3 is 5.69 Å². The van der Waals surface area contributed by atoms with Crippen molar-refractivity contribution in [3.05, 3.63) is 70.0 Å². The molecule has 0 spiro atoms. The summed E-state index contributed by atoms with van der Waals surface area (Å²) in [6.07, 6.45) is 1.69. The highest BCUT2D eigenvalue weighted by Crippen LogP contribution is 2.21. The Morgan fingerprint density at radius 3 is 2.62 bits per heavy atom. The third-order valence-corrected chi connectivity index (χ3v) is 3.40. The summed E-state index contributed by atoms with van der Waals surface area (Å²) in [7, 11) is 0. The first-order valence-corrected chi connectivity index (χ1v) is 7.54. The maximum Gasteiger partial charge on any atom is 0.306 e. The van der Waals surface area contributed by atoms with Gasteiger partial charge in [-0.2, -0.15) is 4.39 Å². The molecule has 0 heterocycles. The highest BCUT2D eigenvalue weighted by Gasteiger charge is 2.14. The first-order valence-electron chi connectivity index (χ1n) is 7.54. The number of nitro groups is 1. The van der Waals surface area contributed by atoms with Crippen molar-refractivity contribution >= 4 is 17.3 Å². The topological polar surface area (TPSA) is 84.3 Å².